The first-order valence-corrected chi connectivity index (χ1v) is 11.6. The van der Waals surface area contributed by atoms with Crippen LogP contribution in [0.25, 0.3) is 0 Å². The Morgan fingerprint density at radius 1 is 1.17 bits per heavy atom. The number of nitrogens with zero attached hydrogens (tertiary/aromatic N) is 4. The Balaban J connectivity index is 1.38. The predicted molar refractivity (Wildman–Crippen MR) is 124 cm³/mol. The van der Waals surface area contributed by atoms with E-state index in [1.54, 1.807) is 17.4 Å². The number of thiazole rings is 1. The van der Waals surface area contributed by atoms with Crippen LogP contribution in [0.5, 0.6) is 0 Å². The van der Waals surface area contributed by atoms with Crippen molar-refractivity contribution in [1.82, 2.24) is 20.5 Å². The van der Waals surface area contributed by atoms with Gasteiger partial charge in [0.05, 0.1) is 17.9 Å². The Morgan fingerprint density at radius 3 is 2.60 bits per heavy atom. The highest BCUT2D eigenvalue weighted by atomic mass is 32.1. The minimum Gasteiger partial charge on any atom is -0.367 e. The number of aliphatic imine (C=N–C) groups is 1. The largest absolute Gasteiger partial charge is 0.367 e. The van der Waals surface area contributed by atoms with E-state index in [9.17, 15) is 4.39 Å². The summed E-state index contributed by atoms with van der Waals surface area (Å²) in [4.78, 5) is 15.1. The molecule has 8 heteroatoms. The van der Waals surface area contributed by atoms with E-state index in [1.807, 2.05) is 19.1 Å². The monoisotopic (exact) mass is 432 g/mol. The number of para-hydroxylation sites is 1. The third-order valence-electron chi connectivity index (χ3n) is 5.30. The number of anilines is 1. The molecule has 6 nitrogen and oxygen atoms in total. The summed E-state index contributed by atoms with van der Waals surface area (Å²) >= 11 is 1.71. The van der Waals surface area contributed by atoms with Gasteiger partial charge in [-0.15, -0.1) is 11.3 Å². The molecular weight excluding hydrogens is 399 g/mol. The van der Waals surface area contributed by atoms with Crippen LogP contribution in [0.1, 0.15) is 28.9 Å². The Labute approximate surface area is 183 Å². The second kappa shape index (κ2) is 11.3. The smallest absolute Gasteiger partial charge is 0.191 e. The third kappa shape index (κ3) is 6.40. The lowest BCUT2D eigenvalue weighted by Gasteiger charge is -2.36. The Morgan fingerprint density at radius 2 is 1.93 bits per heavy atom. The summed E-state index contributed by atoms with van der Waals surface area (Å²) in [6.45, 7) is 13.2. The van der Waals surface area contributed by atoms with Crippen LogP contribution in [0.4, 0.5) is 10.1 Å². The topological polar surface area (TPSA) is 55.8 Å². The van der Waals surface area contributed by atoms with Gasteiger partial charge in [-0.25, -0.2) is 14.4 Å². The summed E-state index contributed by atoms with van der Waals surface area (Å²) in [5, 5.41) is 7.78. The van der Waals surface area contributed by atoms with Crippen molar-refractivity contribution in [2.45, 2.75) is 33.7 Å². The standard InChI is InChI=1S/C22H33FN6S/c1-4-24-22(26-16-21-27-17(2)18(3)30-21)25-10-7-11-28-12-14-29(15-13-28)20-9-6-5-8-19(20)23/h5-6,8-9H,4,7,10-16H2,1-3H3,(H2,24,25,26). The third-order valence-corrected chi connectivity index (χ3v) is 6.36. The summed E-state index contributed by atoms with van der Waals surface area (Å²) in [5.74, 6) is 0.709. The fraction of sp³-hybridized carbons (Fsp3) is 0.545. The molecular formula is C22H33FN6S. The molecule has 30 heavy (non-hydrogen) atoms. The predicted octanol–water partition coefficient (Wildman–Crippen LogP) is 3.17. The normalized spacial score (nSPS) is 15.5. The van der Waals surface area contributed by atoms with Crippen LogP contribution in [-0.4, -0.2) is 61.7 Å². The second-order valence-electron chi connectivity index (χ2n) is 7.50. The first-order chi connectivity index (χ1) is 14.6. The van der Waals surface area contributed by atoms with Crippen molar-refractivity contribution >= 4 is 23.0 Å². The number of guanidine groups is 1. The van der Waals surface area contributed by atoms with Crippen LogP contribution in [0.2, 0.25) is 0 Å². The molecule has 1 aliphatic rings. The van der Waals surface area contributed by atoms with Crippen molar-refractivity contribution in [2.75, 3.05) is 50.7 Å². The van der Waals surface area contributed by atoms with Gasteiger partial charge in [-0.05, 0) is 45.9 Å². The number of hydrogen-bond donors (Lipinski definition) is 2. The molecule has 0 aliphatic carbocycles. The zero-order chi connectivity index (χ0) is 21.3. The van der Waals surface area contributed by atoms with Crippen molar-refractivity contribution in [3.63, 3.8) is 0 Å². The van der Waals surface area contributed by atoms with Crippen LogP contribution in [0.15, 0.2) is 29.3 Å². The van der Waals surface area contributed by atoms with Crippen molar-refractivity contribution < 1.29 is 4.39 Å². The lowest BCUT2D eigenvalue weighted by Crippen LogP contribution is -2.47. The molecule has 3 rings (SSSR count). The van der Waals surface area contributed by atoms with Crippen molar-refractivity contribution in [3.8, 4) is 0 Å². The van der Waals surface area contributed by atoms with E-state index in [1.165, 1.54) is 10.9 Å². The summed E-state index contributed by atoms with van der Waals surface area (Å²) < 4.78 is 14.0. The van der Waals surface area contributed by atoms with Crippen molar-refractivity contribution in [1.29, 1.82) is 0 Å². The molecule has 2 aromatic rings. The molecule has 0 amide bonds. The van der Waals surface area contributed by atoms with Gasteiger partial charge in [0.1, 0.15) is 10.8 Å². The Hall–Kier alpha value is -2.19. The number of benzene rings is 1. The van der Waals surface area contributed by atoms with Crippen LogP contribution in [-0.2, 0) is 6.54 Å². The van der Waals surface area contributed by atoms with E-state index < -0.39 is 0 Å². The van der Waals surface area contributed by atoms with Gasteiger partial charge >= 0.3 is 0 Å². The summed E-state index contributed by atoms with van der Waals surface area (Å²) in [7, 11) is 0. The van der Waals surface area contributed by atoms with E-state index >= 15 is 0 Å². The molecule has 0 bridgehead atoms. The van der Waals surface area contributed by atoms with Crippen LogP contribution >= 0.6 is 11.3 Å². The number of piperazine rings is 1. The fourth-order valence-corrected chi connectivity index (χ4v) is 4.38. The van der Waals surface area contributed by atoms with Gasteiger partial charge in [0.25, 0.3) is 0 Å². The molecule has 1 saturated heterocycles. The minimum absolute atomic E-state index is 0.131. The average molecular weight is 433 g/mol. The summed E-state index contributed by atoms with van der Waals surface area (Å²) in [6, 6.07) is 7.04. The fourth-order valence-electron chi connectivity index (χ4n) is 3.53. The van der Waals surface area contributed by atoms with Gasteiger partial charge in [-0.1, -0.05) is 12.1 Å². The van der Waals surface area contributed by atoms with E-state index in [4.69, 9.17) is 0 Å². The van der Waals surface area contributed by atoms with Gasteiger partial charge in [0.15, 0.2) is 5.96 Å². The molecule has 0 radical (unpaired) electrons. The lowest BCUT2D eigenvalue weighted by atomic mass is 10.2. The van der Waals surface area contributed by atoms with Gasteiger partial charge < -0.3 is 15.5 Å². The van der Waals surface area contributed by atoms with E-state index in [0.717, 1.165) is 74.6 Å². The molecule has 2 N–H and O–H groups in total. The summed E-state index contributed by atoms with van der Waals surface area (Å²) in [5.41, 5.74) is 1.81. The maximum absolute atomic E-state index is 14.0. The van der Waals surface area contributed by atoms with Crippen molar-refractivity contribution in [2.24, 2.45) is 4.99 Å². The molecule has 0 unspecified atom stereocenters. The molecule has 1 aromatic carbocycles. The first-order valence-electron chi connectivity index (χ1n) is 10.7. The first kappa shape index (κ1) is 22.5. The highest BCUT2D eigenvalue weighted by molar-refractivity contribution is 7.11. The highest BCUT2D eigenvalue weighted by Crippen LogP contribution is 2.20. The van der Waals surface area contributed by atoms with Gasteiger partial charge in [-0.2, -0.15) is 0 Å². The van der Waals surface area contributed by atoms with Crippen LogP contribution < -0.4 is 15.5 Å². The molecule has 0 saturated carbocycles. The van der Waals surface area contributed by atoms with Crippen LogP contribution in [0.3, 0.4) is 0 Å². The maximum Gasteiger partial charge on any atom is 0.191 e. The minimum atomic E-state index is -0.131. The number of nitrogens with one attached hydrogen (secondary N) is 2. The van der Waals surface area contributed by atoms with Gasteiger partial charge in [-0.3, -0.25) is 4.90 Å². The van der Waals surface area contributed by atoms with E-state index in [2.05, 4.69) is 44.3 Å². The number of aromatic nitrogens is 1. The van der Waals surface area contributed by atoms with Crippen LogP contribution in [0, 0.1) is 19.7 Å². The Bertz CT molecular complexity index is 809. The summed E-state index contributed by atoms with van der Waals surface area (Å²) in [6.07, 6.45) is 1.04. The molecule has 1 aromatic heterocycles. The maximum atomic E-state index is 14.0. The molecule has 164 valence electrons. The highest BCUT2D eigenvalue weighted by Gasteiger charge is 2.18. The number of halogens is 1. The molecule has 0 atom stereocenters. The van der Waals surface area contributed by atoms with E-state index in [-0.39, 0.29) is 5.82 Å². The lowest BCUT2D eigenvalue weighted by molar-refractivity contribution is 0.254. The molecule has 1 aliphatic heterocycles. The zero-order valence-corrected chi connectivity index (χ0v) is 19.1. The SMILES string of the molecule is CCNC(=NCc1nc(C)c(C)s1)NCCCN1CCN(c2ccccc2F)CC1. The molecule has 2 heterocycles. The van der Waals surface area contributed by atoms with Gasteiger partial charge in [0.2, 0.25) is 0 Å². The molecule has 1 fully saturated rings. The number of rotatable bonds is 8. The number of hydrogen-bond acceptors (Lipinski definition) is 5. The van der Waals surface area contributed by atoms with Crippen molar-refractivity contribution in [3.05, 3.63) is 45.7 Å². The average Bonchev–Trinajstić information content (AvgIpc) is 3.07. The molecule has 0 spiro atoms. The Kier molecular flexibility index (Phi) is 8.45. The quantitative estimate of drug-likeness (QED) is 0.381. The zero-order valence-electron chi connectivity index (χ0n) is 18.2. The van der Waals surface area contributed by atoms with E-state index in [0.29, 0.717) is 6.54 Å². The number of aryl methyl sites for hydroxylation is 2. The van der Waals surface area contributed by atoms with Gasteiger partial charge in [0, 0.05) is 44.1 Å². The second-order valence-corrected chi connectivity index (χ2v) is 8.79.